The van der Waals surface area contributed by atoms with Crippen LogP contribution in [0.2, 0.25) is 0 Å². The van der Waals surface area contributed by atoms with Gasteiger partial charge in [0.25, 0.3) is 0 Å². The molecule has 2 fully saturated rings. The molecule has 1 aromatic heterocycles. The molecule has 2 aliphatic rings. The Labute approximate surface area is 93.1 Å². The van der Waals surface area contributed by atoms with Crippen LogP contribution in [-0.4, -0.2) is 11.0 Å². The highest BCUT2D eigenvalue weighted by molar-refractivity contribution is 5.38. The minimum atomic E-state index is -0.627. The molecule has 0 aliphatic heterocycles. The third-order valence-corrected chi connectivity index (χ3v) is 3.37. The first kappa shape index (κ1) is 10.00. The zero-order valence-electron chi connectivity index (χ0n) is 8.92. The molecule has 0 radical (unpaired) electrons. The van der Waals surface area contributed by atoms with E-state index in [1.807, 2.05) is 0 Å². The van der Waals surface area contributed by atoms with E-state index in [4.69, 9.17) is 0 Å². The number of anilines is 1. The summed E-state index contributed by atoms with van der Waals surface area (Å²) in [4.78, 5) is 3.78. The van der Waals surface area contributed by atoms with Crippen LogP contribution in [0.25, 0.3) is 0 Å². The van der Waals surface area contributed by atoms with Crippen molar-refractivity contribution in [1.29, 1.82) is 0 Å². The Hall–Kier alpha value is -1.19. The maximum atomic E-state index is 13.4. The van der Waals surface area contributed by atoms with Crippen molar-refractivity contribution in [2.75, 3.05) is 5.32 Å². The zero-order valence-corrected chi connectivity index (χ0v) is 8.92. The van der Waals surface area contributed by atoms with Gasteiger partial charge in [-0.1, -0.05) is 0 Å². The van der Waals surface area contributed by atoms with E-state index in [-0.39, 0.29) is 5.82 Å². The molecule has 2 aliphatic carbocycles. The third-order valence-electron chi connectivity index (χ3n) is 3.37. The lowest BCUT2D eigenvalue weighted by atomic mass is 10.1. The van der Waals surface area contributed by atoms with Crippen molar-refractivity contribution in [3.05, 3.63) is 23.9 Å². The van der Waals surface area contributed by atoms with E-state index in [9.17, 15) is 8.78 Å². The van der Waals surface area contributed by atoms with Gasteiger partial charge in [-0.05, 0) is 37.5 Å². The average molecular weight is 224 g/mol. The molecular weight excluding hydrogens is 210 g/mol. The molecule has 0 aromatic carbocycles. The Bertz CT molecular complexity index is 388. The molecule has 3 rings (SSSR count). The summed E-state index contributed by atoms with van der Waals surface area (Å²) in [6.45, 7) is 0. The van der Waals surface area contributed by atoms with Crippen LogP contribution in [0.3, 0.4) is 0 Å². The predicted octanol–water partition coefficient (Wildman–Crippen LogP) is 2.96. The Morgan fingerprint density at radius 2 is 1.81 bits per heavy atom. The van der Waals surface area contributed by atoms with Gasteiger partial charge in [0, 0.05) is 12.1 Å². The minimum absolute atomic E-state index is 0.199. The average Bonchev–Trinajstić information content (AvgIpc) is 3.11. The van der Waals surface area contributed by atoms with Crippen molar-refractivity contribution in [3.63, 3.8) is 0 Å². The topological polar surface area (TPSA) is 24.9 Å². The Balaban J connectivity index is 1.76. The fraction of sp³-hybridized carbons (Fsp3) is 0.583. The standard InChI is InChI=1S/C12H14F2N2/c13-9-5-10(14)12(15-6-9)16-11(7-1-2-7)8-3-4-8/h5-8,11H,1-4H2,(H,15,16). The zero-order chi connectivity index (χ0) is 11.1. The summed E-state index contributed by atoms with van der Waals surface area (Å²) in [7, 11) is 0. The largest absolute Gasteiger partial charge is 0.364 e. The Morgan fingerprint density at radius 1 is 1.19 bits per heavy atom. The molecule has 0 atom stereocenters. The van der Waals surface area contributed by atoms with Gasteiger partial charge in [-0.15, -0.1) is 0 Å². The van der Waals surface area contributed by atoms with Crippen LogP contribution in [0.5, 0.6) is 0 Å². The van der Waals surface area contributed by atoms with Crippen LogP contribution in [0.15, 0.2) is 12.3 Å². The number of rotatable bonds is 4. The highest BCUT2D eigenvalue weighted by atomic mass is 19.1. The number of aromatic nitrogens is 1. The van der Waals surface area contributed by atoms with E-state index in [1.54, 1.807) is 0 Å². The molecule has 86 valence electrons. The summed E-state index contributed by atoms with van der Waals surface area (Å²) in [6, 6.07) is 1.22. The number of nitrogens with one attached hydrogen (secondary N) is 1. The summed E-state index contributed by atoms with van der Waals surface area (Å²) in [5.74, 6) is 0.312. The summed E-state index contributed by atoms with van der Waals surface area (Å²) in [6.07, 6.45) is 5.93. The monoisotopic (exact) mass is 224 g/mol. The maximum absolute atomic E-state index is 13.4. The lowest BCUT2D eigenvalue weighted by molar-refractivity contribution is 0.544. The van der Waals surface area contributed by atoms with Crippen molar-refractivity contribution in [1.82, 2.24) is 4.98 Å². The lowest BCUT2D eigenvalue weighted by Gasteiger charge is -2.18. The number of hydrogen-bond donors (Lipinski definition) is 1. The quantitative estimate of drug-likeness (QED) is 0.850. The second-order valence-electron chi connectivity index (χ2n) is 4.83. The van der Waals surface area contributed by atoms with Gasteiger partial charge in [0.2, 0.25) is 0 Å². The van der Waals surface area contributed by atoms with Crippen molar-refractivity contribution in [3.8, 4) is 0 Å². The fourth-order valence-corrected chi connectivity index (χ4v) is 2.21. The van der Waals surface area contributed by atoms with Crippen LogP contribution in [0.4, 0.5) is 14.6 Å². The second kappa shape index (κ2) is 3.68. The second-order valence-corrected chi connectivity index (χ2v) is 4.83. The lowest BCUT2D eigenvalue weighted by Crippen LogP contribution is -2.25. The van der Waals surface area contributed by atoms with Crippen LogP contribution < -0.4 is 5.32 Å². The van der Waals surface area contributed by atoms with E-state index in [2.05, 4.69) is 10.3 Å². The summed E-state index contributed by atoms with van der Waals surface area (Å²) >= 11 is 0. The van der Waals surface area contributed by atoms with Gasteiger partial charge in [-0.2, -0.15) is 0 Å². The Kier molecular flexibility index (Phi) is 2.30. The molecule has 2 saturated carbocycles. The molecule has 1 heterocycles. The van der Waals surface area contributed by atoms with Gasteiger partial charge in [0.1, 0.15) is 5.82 Å². The highest BCUT2D eigenvalue weighted by Gasteiger charge is 2.41. The fourth-order valence-electron chi connectivity index (χ4n) is 2.21. The molecule has 1 N–H and O–H groups in total. The number of nitrogens with zero attached hydrogens (tertiary/aromatic N) is 1. The molecule has 4 heteroatoms. The molecule has 0 saturated heterocycles. The van der Waals surface area contributed by atoms with Gasteiger partial charge in [-0.3, -0.25) is 0 Å². The van der Waals surface area contributed by atoms with Gasteiger partial charge >= 0.3 is 0 Å². The predicted molar refractivity (Wildman–Crippen MR) is 57.0 cm³/mol. The van der Waals surface area contributed by atoms with E-state index < -0.39 is 11.6 Å². The molecule has 0 amide bonds. The van der Waals surface area contributed by atoms with Crippen LogP contribution in [0.1, 0.15) is 25.7 Å². The van der Waals surface area contributed by atoms with Gasteiger partial charge in [0.05, 0.1) is 6.20 Å². The van der Waals surface area contributed by atoms with Gasteiger partial charge in [0.15, 0.2) is 11.6 Å². The SMILES string of the molecule is Fc1cnc(NC(C2CC2)C2CC2)c(F)c1. The normalized spacial score (nSPS) is 20.2. The number of pyridine rings is 1. The molecule has 2 nitrogen and oxygen atoms in total. The van der Waals surface area contributed by atoms with E-state index in [1.165, 1.54) is 25.7 Å². The highest BCUT2D eigenvalue weighted by Crippen LogP contribution is 2.45. The molecule has 16 heavy (non-hydrogen) atoms. The first-order valence-electron chi connectivity index (χ1n) is 5.81. The third kappa shape index (κ3) is 2.01. The van der Waals surface area contributed by atoms with Gasteiger partial charge in [-0.25, -0.2) is 13.8 Å². The summed E-state index contributed by atoms with van der Waals surface area (Å²) < 4.78 is 26.1. The van der Waals surface area contributed by atoms with Crippen molar-refractivity contribution >= 4 is 5.82 Å². The number of halogens is 2. The summed E-state index contributed by atoms with van der Waals surface area (Å²) in [5.41, 5.74) is 0. The van der Waals surface area contributed by atoms with E-state index >= 15 is 0 Å². The molecule has 0 bridgehead atoms. The maximum Gasteiger partial charge on any atom is 0.168 e. The van der Waals surface area contributed by atoms with Crippen molar-refractivity contribution in [2.45, 2.75) is 31.7 Å². The first-order valence-corrected chi connectivity index (χ1v) is 5.81. The molecular formula is C12H14F2N2. The smallest absolute Gasteiger partial charge is 0.168 e. The van der Waals surface area contributed by atoms with Crippen molar-refractivity contribution < 1.29 is 8.78 Å². The van der Waals surface area contributed by atoms with Crippen LogP contribution in [0, 0.1) is 23.5 Å². The van der Waals surface area contributed by atoms with Crippen LogP contribution in [-0.2, 0) is 0 Å². The molecule has 0 spiro atoms. The van der Waals surface area contributed by atoms with Crippen molar-refractivity contribution in [2.24, 2.45) is 11.8 Å². The molecule has 0 unspecified atom stereocenters. The van der Waals surface area contributed by atoms with Gasteiger partial charge < -0.3 is 5.32 Å². The van der Waals surface area contributed by atoms with Crippen LogP contribution >= 0.6 is 0 Å². The minimum Gasteiger partial charge on any atom is -0.364 e. The Morgan fingerprint density at radius 3 is 2.31 bits per heavy atom. The van der Waals surface area contributed by atoms with E-state index in [0.717, 1.165) is 12.3 Å². The number of hydrogen-bond acceptors (Lipinski definition) is 2. The first-order chi connectivity index (χ1) is 7.74. The van der Waals surface area contributed by atoms with E-state index in [0.29, 0.717) is 17.9 Å². The molecule has 1 aromatic rings. The summed E-state index contributed by atoms with van der Waals surface area (Å²) in [5, 5.41) is 3.15.